The molecule has 1 aromatic rings. The van der Waals surface area contributed by atoms with E-state index in [9.17, 15) is 4.21 Å². The van der Waals surface area contributed by atoms with Crippen molar-refractivity contribution in [2.24, 2.45) is 5.41 Å². The summed E-state index contributed by atoms with van der Waals surface area (Å²) in [7, 11) is -0.961. The van der Waals surface area contributed by atoms with E-state index in [0.717, 1.165) is 24.3 Å². The van der Waals surface area contributed by atoms with Crippen LogP contribution in [0.3, 0.4) is 0 Å². The van der Waals surface area contributed by atoms with Crippen molar-refractivity contribution in [3.05, 3.63) is 29.8 Å². The molecule has 0 radical (unpaired) electrons. The highest BCUT2D eigenvalue weighted by Gasteiger charge is 2.34. The minimum absolute atomic E-state index is 0.105. The lowest BCUT2D eigenvalue weighted by molar-refractivity contribution is -0.0532. The van der Waals surface area contributed by atoms with Crippen molar-refractivity contribution in [3.63, 3.8) is 0 Å². The molecule has 1 unspecified atom stereocenters. The van der Waals surface area contributed by atoms with Crippen LogP contribution >= 0.6 is 0 Å². The molecule has 1 heterocycles. The number of benzene rings is 1. The van der Waals surface area contributed by atoms with Gasteiger partial charge in [0.05, 0.1) is 22.7 Å². The van der Waals surface area contributed by atoms with Crippen molar-refractivity contribution in [1.82, 2.24) is 0 Å². The van der Waals surface area contributed by atoms with E-state index in [0.29, 0.717) is 5.75 Å². The predicted molar refractivity (Wildman–Crippen MR) is 75.2 cm³/mol. The zero-order chi connectivity index (χ0) is 13.2. The van der Waals surface area contributed by atoms with Crippen LogP contribution < -0.4 is 0 Å². The van der Waals surface area contributed by atoms with Crippen LogP contribution in [0.15, 0.2) is 29.2 Å². The van der Waals surface area contributed by atoms with Gasteiger partial charge in [0.25, 0.3) is 0 Å². The van der Waals surface area contributed by atoms with Crippen LogP contribution in [-0.4, -0.2) is 22.7 Å². The van der Waals surface area contributed by atoms with Gasteiger partial charge in [0.15, 0.2) is 0 Å². The number of ether oxygens (including phenoxy) is 1. The third-order valence-electron chi connectivity index (χ3n) is 3.74. The molecule has 1 fully saturated rings. The van der Waals surface area contributed by atoms with Gasteiger partial charge in [0.1, 0.15) is 0 Å². The molecule has 3 heteroatoms. The Bertz CT molecular complexity index is 423. The van der Waals surface area contributed by atoms with Crippen LogP contribution in [0, 0.1) is 12.3 Å². The van der Waals surface area contributed by atoms with Crippen molar-refractivity contribution in [2.45, 2.75) is 44.6 Å². The van der Waals surface area contributed by atoms with Gasteiger partial charge in [-0.15, -0.1) is 0 Å². The van der Waals surface area contributed by atoms with E-state index >= 15 is 0 Å². The minimum atomic E-state index is -0.961. The molecular weight excluding hydrogens is 244 g/mol. The lowest BCUT2D eigenvalue weighted by Crippen LogP contribution is -2.40. The molecule has 2 nitrogen and oxygen atoms in total. The summed E-state index contributed by atoms with van der Waals surface area (Å²) in [5.41, 5.74) is 1.34. The van der Waals surface area contributed by atoms with E-state index in [1.165, 1.54) is 5.56 Å². The Morgan fingerprint density at radius 2 is 2.00 bits per heavy atom. The first-order valence-electron chi connectivity index (χ1n) is 6.56. The van der Waals surface area contributed by atoms with Crippen molar-refractivity contribution in [3.8, 4) is 0 Å². The fraction of sp³-hybridized carbons (Fsp3) is 0.600. The smallest absolute Gasteiger partial charge is 0.0744 e. The molecule has 1 aliphatic heterocycles. The SMILES string of the molecule is Cc1ccc([S@](=O)CC2OCCCC2(C)C)cc1. The standard InChI is InChI=1S/C15H22O2S/c1-12-5-7-13(8-6-12)18(16)11-14-15(2,3)9-4-10-17-14/h5-8,14H,4,9-11H2,1-3H3/t14?,18-/m1/s1. The van der Waals surface area contributed by atoms with Gasteiger partial charge in [-0.05, 0) is 37.3 Å². The van der Waals surface area contributed by atoms with Crippen LogP contribution in [-0.2, 0) is 15.5 Å². The maximum atomic E-state index is 12.3. The molecule has 2 atom stereocenters. The van der Waals surface area contributed by atoms with Gasteiger partial charge in [-0.1, -0.05) is 31.5 Å². The first-order chi connectivity index (χ1) is 8.49. The van der Waals surface area contributed by atoms with E-state index in [2.05, 4.69) is 13.8 Å². The molecule has 0 spiro atoms. The Hall–Kier alpha value is -0.670. The van der Waals surface area contributed by atoms with Gasteiger partial charge in [-0.2, -0.15) is 0 Å². The largest absolute Gasteiger partial charge is 0.377 e. The predicted octanol–water partition coefficient (Wildman–Crippen LogP) is 3.31. The highest BCUT2D eigenvalue weighted by molar-refractivity contribution is 7.85. The summed E-state index contributed by atoms with van der Waals surface area (Å²) >= 11 is 0. The molecule has 0 saturated carbocycles. The van der Waals surface area contributed by atoms with Crippen molar-refractivity contribution in [2.75, 3.05) is 12.4 Å². The molecule has 0 amide bonds. The Kier molecular flexibility index (Phi) is 4.23. The number of hydrogen-bond donors (Lipinski definition) is 0. The van der Waals surface area contributed by atoms with E-state index in [-0.39, 0.29) is 11.5 Å². The summed E-state index contributed by atoms with van der Waals surface area (Å²) < 4.78 is 18.2. The molecule has 1 aromatic carbocycles. The molecule has 2 rings (SSSR count). The summed E-state index contributed by atoms with van der Waals surface area (Å²) in [5, 5.41) is 0. The molecule has 1 saturated heterocycles. The van der Waals surface area contributed by atoms with Crippen molar-refractivity contribution < 1.29 is 8.95 Å². The van der Waals surface area contributed by atoms with Gasteiger partial charge in [0, 0.05) is 11.5 Å². The van der Waals surface area contributed by atoms with Crippen LogP contribution in [0.1, 0.15) is 32.3 Å². The minimum Gasteiger partial charge on any atom is -0.377 e. The normalized spacial score (nSPS) is 24.7. The molecule has 0 aromatic heterocycles. The first kappa shape index (κ1) is 13.8. The second kappa shape index (κ2) is 5.54. The summed E-state index contributed by atoms with van der Waals surface area (Å²) in [6.45, 7) is 7.27. The van der Waals surface area contributed by atoms with Gasteiger partial charge in [-0.25, -0.2) is 0 Å². The average molecular weight is 266 g/mol. The Labute approximate surface area is 112 Å². The lowest BCUT2D eigenvalue weighted by Gasteiger charge is -2.38. The van der Waals surface area contributed by atoms with Crippen molar-refractivity contribution >= 4 is 10.8 Å². The van der Waals surface area contributed by atoms with Gasteiger partial charge in [-0.3, -0.25) is 4.21 Å². The topological polar surface area (TPSA) is 26.3 Å². The summed E-state index contributed by atoms with van der Waals surface area (Å²) in [4.78, 5) is 0.908. The van der Waals surface area contributed by atoms with Gasteiger partial charge >= 0.3 is 0 Å². The van der Waals surface area contributed by atoms with Crippen LogP contribution in [0.4, 0.5) is 0 Å². The molecule has 100 valence electrons. The summed E-state index contributed by atoms with van der Waals surface area (Å²) in [6, 6.07) is 7.95. The van der Waals surface area contributed by atoms with Gasteiger partial charge < -0.3 is 4.74 Å². The third-order valence-corrected chi connectivity index (χ3v) is 5.15. The summed E-state index contributed by atoms with van der Waals surface area (Å²) in [5.74, 6) is 0.607. The molecule has 18 heavy (non-hydrogen) atoms. The van der Waals surface area contributed by atoms with Crippen molar-refractivity contribution in [1.29, 1.82) is 0 Å². The second-order valence-electron chi connectivity index (χ2n) is 5.78. The quantitative estimate of drug-likeness (QED) is 0.839. The zero-order valence-corrected chi connectivity index (χ0v) is 12.3. The fourth-order valence-corrected chi connectivity index (χ4v) is 3.79. The maximum absolute atomic E-state index is 12.3. The van der Waals surface area contributed by atoms with Crippen LogP contribution in [0.25, 0.3) is 0 Å². The lowest BCUT2D eigenvalue weighted by atomic mass is 9.81. The highest BCUT2D eigenvalue weighted by atomic mass is 32.2. The van der Waals surface area contributed by atoms with Gasteiger partial charge in [0.2, 0.25) is 0 Å². The molecule has 0 bridgehead atoms. The fourth-order valence-electron chi connectivity index (χ4n) is 2.34. The molecular formula is C15H22O2S. The van der Waals surface area contributed by atoms with Crippen LogP contribution in [0.2, 0.25) is 0 Å². The van der Waals surface area contributed by atoms with E-state index < -0.39 is 10.8 Å². The third kappa shape index (κ3) is 3.21. The molecule has 0 aliphatic carbocycles. The molecule has 1 aliphatic rings. The van der Waals surface area contributed by atoms with Crippen LogP contribution in [0.5, 0.6) is 0 Å². The average Bonchev–Trinajstić information content (AvgIpc) is 2.32. The number of aryl methyl sites for hydroxylation is 1. The maximum Gasteiger partial charge on any atom is 0.0744 e. The Balaban J connectivity index is 2.04. The Morgan fingerprint density at radius 3 is 2.61 bits per heavy atom. The zero-order valence-electron chi connectivity index (χ0n) is 11.4. The number of hydrogen-bond acceptors (Lipinski definition) is 2. The summed E-state index contributed by atoms with van der Waals surface area (Å²) in [6.07, 6.45) is 2.37. The monoisotopic (exact) mass is 266 g/mol. The highest BCUT2D eigenvalue weighted by Crippen LogP contribution is 2.34. The Morgan fingerprint density at radius 1 is 1.33 bits per heavy atom. The second-order valence-corrected chi connectivity index (χ2v) is 7.27. The molecule has 0 N–H and O–H groups in total. The number of rotatable bonds is 3. The first-order valence-corrected chi connectivity index (χ1v) is 7.87. The van der Waals surface area contributed by atoms with E-state index in [1.807, 2.05) is 31.2 Å². The van der Waals surface area contributed by atoms with E-state index in [4.69, 9.17) is 4.74 Å². The van der Waals surface area contributed by atoms with E-state index in [1.54, 1.807) is 0 Å².